The maximum absolute atomic E-state index is 9.79. The molecule has 4 nitrogen and oxygen atoms in total. The Morgan fingerprint density at radius 3 is 3.11 bits per heavy atom. The summed E-state index contributed by atoms with van der Waals surface area (Å²) in [6.45, 7) is 2.87. The predicted molar refractivity (Wildman–Crippen MR) is 67.7 cm³/mol. The number of phenols is 1. The van der Waals surface area contributed by atoms with Crippen LogP contribution in [-0.2, 0) is 15.9 Å². The lowest BCUT2D eigenvalue weighted by Crippen LogP contribution is -2.38. The van der Waals surface area contributed by atoms with E-state index in [9.17, 15) is 5.11 Å². The summed E-state index contributed by atoms with van der Waals surface area (Å²) >= 11 is 0. The van der Waals surface area contributed by atoms with Crippen molar-refractivity contribution in [2.75, 3.05) is 26.4 Å². The largest absolute Gasteiger partial charge is 0.508 e. The molecule has 1 heterocycles. The number of fused-ring (bicyclic) bond motifs is 1. The summed E-state index contributed by atoms with van der Waals surface area (Å²) in [7, 11) is 0. The van der Waals surface area contributed by atoms with E-state index in [0.717, 1.165) is 24.9 Å². The maximum Gasteiger partial charge on any atom is 0.119 e. The first-order valence-electron chi connectivity index (χ1n) is 6.58. The lowest BCUT2D eigenvalue weighted by atomic mass is 10.1. The van der Waals surface area contributed by atoms with E-state index in [4.69, 9.17) is 9.47 Å². The average molecular weight is 249 g/mol. The highest BCUT2D eigenvalue weighted by atomic mass is 16.6. The van der Waals surface area contributed by atoms with Crippen molar-refractivity contribution < 1.29 is 14.6 Å². The van der Waals surface area contributed by atoms with E-state index in [1.165, 1.54) is 5.56 Å². The molecule has 1 aromatic carbocycles. The first-order chi connectivity index (χ1) is 8.84. The van der Waals surface area contributed by atoms with Crippen molar-refractivity contribution in [2.24, 2.45) is 0 Å². The molecule has 1 aliphatic heterocycles. The smallest absolute Gasteiger partial charge is 0.119 e. The molecule has 3 rings (SSSR count). The Balaban J connectivity index is 1.60. The van der Waals surface area contributed by atoms with Crippen LogP contribution in [0.4, 0.5) is 0 Å². The number of rotatable bonds is 3. The zero-order valence-corrected chi connectivity index (χ0v) is 10.4. The highest BCUT2D eigenvalue weighted by Crippen LogP contribution is 2.36. The van der Waals surface area contributed by atoms with Gasteiger partial charge in [-0.05, 0) is 30.0 Å². The van der Waals surface area contributed by atoms with E-state index < -0.39 is 0 Å². The van der Waals surface area contributed by atoms with Gasteiger partial charge in [-0.15, -0.1) is 0 Å². The normalized spacial score (nSPS) is 27.1. The van der Waals surface area contributed by atoms with Gasteiger partial charge in [-0.25, -0.2) is 0 Å². The molecule has 2 unspecified atom stereocenters. The molecule has 98 valence electrons. The van der Waals surface area contributed by atoms with Crippen molar-refractivity contribution in [3.63, 3.8) is 0 Å². The summed E-state index contributed by atoms with van der Waals surface area (Å²) in [5.41, 5.74) is 2.32. The molecule has 2 aliphatic rings. The molecule has 1 fully saturated rings. The predicted octanol–water partition coefficient (Wildman–Crippen LogP) is 1.38. The molecule has 2 atom stereocenters. The standard InChI is InChI=1S/C14H19NO3/c16-14-3-1-2-11-12(14)4-5-13(11)15-8-10-9-17-6-7-18-10/h1-3,10,13,15-16H,4-9H2. The Hall–Kier alpha value is -1.10. The minimum Gasteiger partial charge on any atom is -0.508 e. The minimum atomic E-state index is 0.153. The molecule has 1 aromatic rings. The van der Waals surface area contributed by atoms with Crippen LogP contribution in [0.5, 0.6) is 5.75 Å². The topological polar surface area (TPSA) is 50.7 Å². The van der Waals surface area contributed by atoms with Crippen LogP contribution in [0.15, 0.2) is 18.2 Å². The molecule has 0 bridgehead atoms. The minimum absolute atomic E-state index is 0.153. The third-order valence-electron chi connectivity index (χ3n) is 3.72. The van der Waals surface area contributed by atoms with Gasteiger partial charge in [0, 0.05) is 12.6 Å². The van der Waals surface area contributed by atoms with E-state index in [1.807, 2.05) is 6.07 Å². The number of benzene rings is 1. The second-order valence-corrected chi connectivity index (χ2v) is 4.91. The summed E-state index contributed by atoms with van der Waals surface area (Å²) in [5, 5.41) is 13.3. The Morgan fingerprint density at radius 1 is 1.33 bits per heavy atom. The Kier molecular flexibility index (Phi) is 3.50. The van der Waals surface area contributed by atoms with Crippen LogP contribution in [0.3, 0.4) is 0 Å². The van der Waals surface area contributed by atoms with E-state index in [-0.39, 0.29) is 6.10 Å². The molecule has 0 amide bonds. The highest BCUT2D eigenvalue weighted by molar-refractivity contribution is 5.44. The Morgan fingerprint density at radius 2 is 2.28 bits per heavy atom. The highest BCUT2D eigenvalue weighted by Gasteiger charge is 2.25. The lowest BCUT2D eigenvalue weighted by Gasteiger charge is -2.25. The summed E-state index contributed by atoms with van der Waals surface area (Å²) in [4.78, 5) is 0. The number of aromatic hydroxyl groups is 1. The van der Waals surface area contributed by atoms with Crippen LogP contribution >= 0.6 is 0 Å². The van der Waals surface area contributed by atoms with Gasteiger partial charge in [0.15, 0.2) is 0 Å². The van der Waals surface area contributed by atoms with Gasteiger partial charge in [-0.3, -0.25) is 0 Å². The van der Waals surface area contributed by atoms with Crippen molar-refractivity contribution >= 4 is 0 Å². The third-order valence-corrected chi connectivity index (χ3v) is 3.72. The van der Waals surface area contributed by atoms with Gasteiger partial charge in [0.1, 0.15) is 5.75 Å². The van der Waals surface area contributed by atoms with Crippen molar-refractivity contribution in [3.05, 3.63) is 29.3 Å². The first kappa shape index (κ1) is 12.0. The molecule has 18 heavy (non-hydrogen) atoms. The molecule has 0 aromatic heterocycles. The number of hydrogen-bond acceptors (Lipinski definition) is 4. The fraction of sp³-hybridized carbons (Fsp3) is 0.571. The third kappa shape index (κ3) is 2.36. The second-order valence-electron chi connectivity index (χ2n) is 4.91. The molecular formula is C14H19NO3. The molecule has 0 spiro atoms. The van der Waals surface area contributed by atoms with Gasteiger partial charge < -0.3 is 19.9 Å². The number of nitrogens with one attached hydrogen (secondary N) is 1. The van der Waals surface area contributed by atoms with E-state index in [2.05, 4.69) is 11.4 Å². The van der Waals surface area contributed by atoms with Crippen LogP contribution in [0, 0.1) is 0 Å². The molecule has 1 saturated heterocycles. The molecule has 1 aliphatic carbocycles. The fourth-order valence-corrected chi connectivity index (χ4v) is 2.78. The Bertz CT molecular complexity index is 416. The molecule has 0 saturated carbocycles. The summed E-state index contributed by atoms with van der Waals surface area (Å²) in [5.74, 6) is 0.425. The van der Waals surface area contributed by atoms with Crippen molar-refractivity contribution in [3.8, 4) is 5.75 Å². The monoisotopic (exact) mass is 249 g/mol. The molecular weight excluding hydrogens is 230 g/mol. The van der Waals surface area contributed by atoms with Crippen molar-refractivity contribution in [2.45, 2.75) is 25.0 Å². The molecule has 2 N–H and O–H groups in total. The van der Waals surface area contributed by atoms with Crippen molar-refractivity contribution in [1.29, 1.82) is 0 Å². The zero-order valence-electron chi connectivity index (χ0n) is 10.4. The number of ether oxygens (including phenoxy) is 2. The summed E-state index contributed by atoms with van der Waals surface area (Å²) in [6.07, 6.45) is 2.14. The first-order valence-corrected chi connectivity index (χ1v) is 6.58. The van der Waals surface area contributed by atoms with E-state index in [1.54, 1.807) is 6.07 Å². The SMILES string of the molecule is Oc1cccc2c1CCC2NCC1COCCO1. The van der Waals surface area contributed by atoms with Crippen LogP contribution in [-0.4, -0.2) is 37.6 Å². The quantitative estimate of drug-likeness (QED) is 0.850. The van der Waals surface area contributed by atoms with Crippen LogP contribution in [0.2, 0.25) is 0 Å². The number of hydrogen-bond donors (Lipinski definition) is 2. The second kappa shape index (κ2) is 5.26. The van der Waals surface area contributed by atoms with Gasteiger partial charge in [-0.2, -0.15) is 0 Å². The van der Waals surface area contributed by atoms with Crippen molar-refractivity contribution in [1.82, 2.24) is 5.32 Å². The average Bonchev–Trinajstić information content (AvgIpc) is 2.82. The summed E-state index contributed by atoms with van der Waals surface area (Å²) in [6, 6.07) is 6.10. The van der Waals surface area contributed by atoms with Crippen LogP contribution in [0.25, 0.3) is 0 Å². The van der Waals surface area contributed by atoms with Gasteiger partial charge in [0.25, 0.3) is 0 Å². The fourth-order valence-electron chi connectivity index (χ4n) is 2.78. The van der Waals surface area contributed by atoms with Crippen LogP contribution in [0.1, 0.15) is 23.6 Å². The number of phenolic OH excluding ortho intramolecular Hbond substituents is 1. The Labute approximate surface area is 107 Å². The summed E-state index contributed by atoms with van der Waals surface area (Å²) < 4.78 is 11.0. The van der Waals surface area contributed by atoms with E-state index in [0.29, 0.717) is 31.6 Å². The molecule has 0 radical (unpaired) electrons. The van der Waals surface area contributed by atoms with Gasteiger partial charge in [-0.1, -0.05) is 12.1 Å². The van der Waals surface area contributed by atoms with Gasteiger partial charge in [0.2, 0.25) is 0 Å². The van der Waals surface area contributed by atoms with Gasteiger partial charge in [0.05, 0.1) is 25.9 Å². The lowest BCUT2D eigenvalue weighted by molar-refractivity contribution is -0.0870. The van der Waals surface area contributed by atoms with E-state index >= 15 is 0 Å². The maximum atomic E-state index is 9.79. The van der Waals surface area contributed by atoms with Gasteiger partial charge >= 0.3 is 0 Å². The molecule has 4 heteroatoms. The zero-order chi connectivity index (χ0) is 12.4. The van der Waals surface area contributed by atoms with Crippen LogP contribution < -0.4 is 5.32 Å².